The number of anilines is 1. The number of amides is 3. The second-order valence-corrected chi connectivity index (χ2v) is 7.43. The van der Waals surface area contributed by atoms with E-state index in [1.165, 1.54) is 24.3 Å². The lowest BCUT2D eigenvalue weighted by atomic mass is 9.96. The van der Waals surface area contributed by atoms with Crippen LogP contribution in [0, 0.1) is 0 Å². The Hall–Kier alpha value is -2.09. The summed E-state index contributed by atoms with van der Waals surface area (Å²) in [6, 6.07) is 4.36. The van der Waals surface area contributed by atoms with Crippen LogP contribution in [0.1, 0.15) is 39.0 Å². The highest BCUT2D eigenvalue weighted by atomic mass is 32.2. The topological polar surface area (TPSA) is 110 Å². The molecule has 0 saturated heterocycles. The number of hydrogen-bond acceptors (Lipinski definition) is 5. The first-order valence-electron chi connectivity index (χ1n) is 7.54. The molecular weight excluding hydrogens is 318 g/mol. The van der Waals surface area contributed by atoms with Crippen molar-refractivity contribution >= 4 is 27.6 Å². The zero-order valence-corrected chi connectivity index (χ0v) is 13.8. The molecule has 3 amide bonds. The monoisotopic (exact) mass is 339 g/mol. The number of hydrogen-bond donors (Lipinski definition) is 2. The minimum atomic E-state index is -4.25. The van der Waals surface area contributed by atoms with Gasteiger partial charge in [0.15, 0.2) is 0 Å². The van der Waals surface area contributed by atoms with Crippen molar-refractivity contribution in [2.45, 2.75) is 50.0 Å². The number of nitrogens with one attached hydrogen (secondary N) is 1. The smallest absolute Gasteiger partial charge is 0.338 e. The fourth-order valence-electron chi connectivity index (χ4n) is 2.65. The Morgan fingerprint density at radius 3 is 2.22 bits per heavy atom. The molecule has 8 heteroatoms. The molecule has 0 radical (unpaired) electrons. The Balaban J connectivity index is 2.24. The number of nitrogen functional groups attached to an aromatic ring is 1. The summed E-state index contributed by atoms with van der Waals surface area (Å²) in [5.74, 6) is -0.852. The second-order valence-electron chi connectivity index (χ2n) is 5.64. The highest BCUT2D eigenvalue weighted by Gasteiger charge is 2.34. The highest BCUT2D eigenvalue weighted by molar-refractivity contribution is 7.90. The predicted octanol–water partition coefficient (Wildman–Crippen LogP) is 1.85. The van der Waals surface area contributed by atoms with Crippen LogP contribution in [0.4, 0.5) is 10.5 Å². The van der Waals surface area contributed by atoms with Gasteiger partial charge in [0.25, 0.3) is 10.0 Å². The van der Waals surface area contributed by atoms with Crippen LogP contribution in [0.5, 0.6) is 0 Å². The largest absolute Gasteiger partial charge is 0.399 e. The van der Waals surface area contributed by atoms with Gasteiger partial charge in [0.2, 0.25) is 5.91 Å². The Morgan fingerprint density at radius 1 is 1.13 bits per heavy atom. The Labute approximate surface area is 135 Å². The van der Waals surface area contributed by atoms with E-state index in [-0.39, 0.29) is 15.2 Å². The third kappa shape index (κ3) is 4.01. The van der Waals surface area contributed by atoms with E-state index < -0.39 is 22.0 Å². The van der Waals surface area contributed by atoms with E-state index in [2.05, 4.69) is 5.32 Å². The average molecular weight is 339 g/mol. The van der Waals surface area contributed by atoms with E-state index >= 15 is 0 Å². The van der Waals surface area contributed by atoms with E-state index in [4.69, 9.17) is 5.73 Å². The lowest BCUT2D eigenvalue weighted by Gasteiger charge is -2.26. The van der Waals surface area contributed by atoms with E-state index in [1.54, 1.807) is 0 Å². The van der Waals surface area contributed by atoms with Gasteiger partial charge in [0, 0.05) is 18.7 Å². The highest BCUT2D eigenvalue weighted by Crippen LogP contribution is 2.20. The third-order valence-electron chi connectivity index (χ3n) is 3.82. The third-order valence-corrected chi connectivity index (χ3v) is 5.59. The van der Waals surface area contributed by atoms with Crippen molar-refractivity contribution in [1.82, 2.24) is 9.62 Å². The molecular formula is C15H21N3O4S. The molecule has 0 aromatic heterocycles. The number of imide groups is 1. The van der Waals surface area contributed by atoms with Crippen molar-refractivity contribution in [3.8, 4) is 0 Å². The molecule has 1 fully saturated rings. The van der Waals surface area contributed by atoms with Crippen LogP contribution in [0.2, 0.25) is 0 Å². The molecule has 126 valence electrons. The minimum Gasteiger partial charge on any atom is -0.399 e. The zero-order chi connectivity index (χ0) is 17.0. The first kappa shape index (κ1) is 17.3. The summed E-state index contributed by atoms with van der Waals surface area (Å²) >= 11 is 0. The fourth-order valence-corrected chi connectivity index (χ4v) is 3.95. The lowest BCUT2D eigenvalue weighted by molar-refractivity contribution is -0.122. The quantitative estimate of drug-likeness (QED) is 0.817. The Bertz CT molecular complexity index is 679. The Morgan fingerprint density at radius 2 is 1.70 bits per heavy atom. The maximum Gasteiger partial charge on any atom is 0.338 e. The summed E-state index contributed by atoms with van der Waals surface area (Å²) in [5, 5.41) is 2.65. The Kier molecular flexibility index (Phi) is 5.25. The van der Waals surface area contributed by atoms with Crippen molar-refractivity contribution in [2.75, 3.05) is 5.73 Å². The average Bonchev–Trinajstić information content (AvgIpc) is 2.48. The van der Waals surface area contributed by atoms with Crippen LogP contribution in [0.15, 0.2) is 29.2 Å². The summed E-state index contributed by atoms with van der Waals surface area (Å²) in [6.45, 7) is 1.05. The summed E-state index contributed by atoms with van der Waals surface area (Å²) < 4.78 is 25.4. The number of carbonyl (C=O) groups excluding carboxylic acids is 2. The molecule has 0 bridgehead atoms. The summed E-state index contributed by atoms with van der Waals surface area (Å²) in [6.07, 6.45) is 4.65. The number of sulfonamides is 1. The summed E-state index contributed by atoms with van der Waals surface area (Å²) in [4.78, 5) is 24.0. The van der Waals surface area contributed by atoms with Crippen molar-refractivity contribution in [1.29, 1.82) is 0 Å². The number of nitrogens with two attached hydrogens (primary N) is 1. The normalized spacial score (nSPS) is 15.9. The molecule has 1 saturated carbocycles. The van der Waals surface area contributed by atoms with Crippen molar-refractivity contribution < 1.29 is 18.0 Å². The van der Waals surface area contributed by atoms with Crippen LogP contribution in [0.3, 0.4) is 0 Å². The van der Waals surface area contributed by atoms with Crippen molar-refractivity contribution in [2.24, 2.45) is 0 Å². The van der Waals surface area contributed by atoms with Gasteiger partial charge >= 0.3 is 6.03 Å². The van der Waals surface area contributed by atoms with Crippen LogP contribution >= 0.6 is 0 Å². The molecule has 3 N–H and O–H groups in total. The van der Waals surface area contributed by atoms with Crippen LogP contribution in [-0.4, -0.2) is 30.7 Å². The van der Waals surface area contributed by atoms with Crippen molar-refractivity contribution in [3.63, 3.8) is 0 Å². The maximum atomic E-state index is 12.6. The molecule has 7 nitrogen and oxygen atoms in total. The summed E-state index contributed by atoms with van der Waals surface area (Å²) in [7, 11) is -4.25. The lowest BCUT2D eigenvalue weighted by Crippen LogP contribution is -2.49. The van der Waals surface area contributed by atoms with Gasteiger partial charge in [-0.25, -0.2) is 13.2 Å². The van der Waals surface area contributed by atoms with Gasteiger partial charge in [-0.1, -0.05) is 19.3 Å². The van der Waals surface area contributed by atoms with Gasteiger partial charge in [0.05, 0.1) is 4.90 Å². The van der Waals surface area contributed by atoms with Crippen LogP contribution in [0.25, 0.3) is 0 Å². The molecule has 0 atom stereocenters. The van der Waals surface area contributed by atoms with Gasteiger partial charge in [-0.2, -0.15) is 4.31 Å². The van der Waals surface area contributed by atoms with Crippen LogP contribution < -0.4 is 11.1 Å². The molecule has 1 aromatic rings. The van der Waals surface area contributed by atoms with Gasteiger partial charge in [0.1, 0.15) is 0 Å². The van der Waals surface area contributed by atoms with Gasteiger partial charge in [-0.15, -0.1) is 0 Å². The van der Waals surface area contributed by atoms with Crippen molar-refractivity contribution in [3.05, 3.63) is 24.3 Å². The molecule has 2 rings (SSSR count). The fraction of sp³-hybridized carbons (Fsp3) is 0.467. The number of carbonyl (C=O) groups is 2. The number of benzene rings is 1. The zero-order valence-electron chi connectivity index (χ0n) is 13.0. The predicted molar refractivity (Wildman–Crippen MR) is 86.0 cm³/mol. The van der Waals surface area contributed by atoms with E-state index in [9.17, 15) is 18.0 Å². The number of nitrogens with zero attached hydrogens (tertiary/aromatic N) is 1. The standard InChI is InChI=1S/C15H21N3O4S/c1-11(19)18(15(20)17-13-5-3-2-4-6-13)23(21,22)14-9-7-12(16)8-10-14/h7-10,13H,2-6,16H2,1H3,(H,17,20). The molecule has 1 aromatic carbocycles. The van der Waals surface area contributed by atoms with E-state index in [0.29, 0.717) is 5.69 Å². The number of rotatable bonds is 3. The van der Waals surface area contributed by atoms with Gasteiger partial charge < -0.3 is 11.1 Å². The first-order valence-corrected chi connectivity index (χ1v) is 8.98. The molecule has 0 spiro atoms. The van der Waals surface area contributed by atoms with Gasteiger partial charge in [-0.05, 0) is 37.1 Å². The molecule has 0 aliphatic heterocycles. The minimum absolute atomic E-state index is 0.0975. The summed E-state index contributed by atoms with van der Waals surface area (Å²) in [5.41, 5.74) is 5.93. The number of urea groups is 1. The second kappa shape index (κ2) is 6.99. The molecule has 0 heterocycles. The SMILES string of the molecule is CC(=O)N(C(=O)NC1CCCCC1)S(=O)(=O)c1ccc(N)cc1. The maximum absolute atomic E-state index is 12.6. The molecule has 1 aliphatic carbocycles. The van der Waals surface area contributed by atoms with Gasteiger partial charge in [-0.3, -0.25) is 4.79 Å². The molecule has 23 heavy (non-hydrogen) atoms. The molecule has 0 unspecified atom stereocenters. The first-order chi connectivity index (χ1) is 10.8. The van der Waals surface area contributed by atoms with E-state index in [1.807, 2.05) is 0 Å². The molecule has 1 aliphatic rings. The van der Waals surface area contributed by atoms with Crippen LogP contribution in [-0.2, 0) is 14.8 Å². The van der Waals surface area contributed by atoms with E-state index in [0.717, 1.165) is 39.0 Å².